The van der Waals surface area contributed by atoms with Gasteiger partial charge in [-0.15, -0.1) is 0 Å². The number of benzene rings is 4. The Labute approximate surface area is 207 Å². The van der Waals surface area contributed by atoms with Crippen LogP contribution in [0.4, 0.5) is 5.69 Å². The number of hydrogen-bond acceptors (Lipinski definition) is 5. The Morgan fingerprint density at radius 2 is 1.46 bits per heavy atom. The molecule has 0 bridgehead atoms. The SMILES string of the molecule is CC(NC(c1ccc(Cl)cc1)c1c(ONc2ccccc2)c(=O)c1=O)c1cccc2ccccc12. The molecule has 0 saturated heterocycles. The van der Waals surface area contributed by atoms with E-state index in [9.17, 15) is 9.59 Å². The molecule has 0 fully saturated rings. The number of nitrogens with one attached hydrogen (secondary N) is 2. The zero-order chi connectivity index (χ0) is 24.4. The first kappa shape index (κ1) is 22.8. The van der Waals surface area contributed by atoms with Crippen LogP contribution >= 0.6 is 11.6 Å². The van der Waals surface area contributed by atoms with Gasteiger partial charge in [-0.2, -0.15) is 0 Å². The van der Waals surface area contributed by atoms with E-state index in [4.69, 9.17) is 16.4 Å². The van der Waals surface area contributed by atoms with Crippen LogP contribution in [0.25, 0.3) is 10.8 Å². The van der Waals surface area contributed by atoms with Gasteiger partial charge < -0.3 is 4.84 Å². The fraction of sp³-hybridized carbons (Fsp3) is 0.103. The number of halogens is 1. The quantitative estimate of drug-likeness (QED) is 0.212. The lowest BCUT2D eigenvalue weighted by Crippen LogP contribution is -2.43. The maximum absolute atomic E-state index is 12.8. The van der Waals surface area contributed by atoms with Gasteiger partial charge in [-0.25, -0.2) is 5.48 Å². The van der Waals surface area contributed by atoms with Gasteiger partial charge in [-0.05, 0) is 53.1 Å². The van der Waals surface area contributed by atoms with Gasteiger partial charge in [0.1, 0.15) is 0 Å². The Kier molecular flexibility index (Phi) is 6.36. The van der Waals surface area contributed by atoms with Crippen LogP contribution in [0.1, 0.15) is 35.7 Å². The van der Waals surface area contributed by atoms with Crippen molar-refractivity contribution < 1.29 is 4.84 Å². The lowest BCUT2D eigenvalue weighted by Gasteiger charge is -2.27. The number of hydrogen-bond donors (Lipinski definition) is 2. The van der Waals surface area contributed by atoms with Crippen molar-refractivity contribution in [3.8, 4) is 5.75 Å². The summed E-state index contributed by atoms with van der Waals surface area (Å²) in [4.78, 5) is 30.9. The van der Waals surface area contributed by atoms with Gasteiger partial charge in [0.15, 0.2) is 0 Å². The van der Waals surface area contributed by atoms with E-state index in [1.807, 2.05) is 67.6 Å². The second kappa shape index (κ2) is 9.74. The van der Waals surface area contributed by atoms with Gasteiger partial charge in [0.25, 0.3) is 5.43 Å². The van der Waals surface area contributed by atoms with Gasteiger partial charge in [-0.3, -0.25) is 14.9 Å². The van der Waals surface area contributed by atoms with Gasteiger partial charge in [-0.1, -0.05) is 84.4 Å². The van der Waals surface area contributed by atoms with Crippen LogP contribution in [0, 0.1) is 0 Å². The van der Waals surface area contributed by atoms with E-state index in [1.165, 1.54) is 0 Å². The number of para-hydroxylation sites is 1. The third-order valence-corrected chi connectivity index (χ3v) is 6.40. The molecule has 2 unspecified atom stereocenters. The normalized spacial score (nSPS) is 13.0. The molecule has 0 spiro atoms. The van der Waals surface area contributed by atoms with Crippen molar-refractivity contribution in [3.63, 3.8) is 0 Å². The van der Waals surface area contributed by atoms with Crippen molar-refractivity contribution in [3.05, 3.63) is 139 Å². The first-order valence-corrected chi connectivity index (χ1v) is 11.7. The maximum atomic E-state index is 12.8. The van der Waals surface area contributed by atoms with Crippen molar-refractivity contribution >= 4 is 28.1 Å². The van der Waals surface area contributed by atoms with Crippen LogP contribution in [0.3, 0.4) is 0 Å². The van der Waals surface area contributed by atoms with Crippen LogP contribution in [0.2, 0.25) is 5.02 Å². The summed E-state index contributed by atoms with van der Waals surface area (Å²) in [5, 5.41) is 6.40. The molecule has 0 aliphatic rings. The minimum Gasteiger partial charge on any atom is -0.377 e. The Morgan fingerprint density at radius 1 is 0.771 bits per heavy atom. The third-order valence-electron chi connectivity index (χ3n) is 6.14. The molecule has 5 nitrogen and oxygen atoms in total. The van der Waals surface area contributed by atoms with E-state index in [0.29, 0.717) is 10.7 Å². The molecule has 174 valence electrons. The number of rotatable bonds is 8. The summed E-state index contributed by atoms with van der Waals surface area (Å²) in [5.41, 5.74) is 4.41. The van der Waals surface area contributed by atoms with E-state index in [-0.39, 0.29) is 17.4 Å². The Hall–Kier alpha value is -3.93. The number of fused-ring (bicyclic) bond motifs is 1. The first-order chi connectivity index (χ1) is 17.0. The lowest BCUT2D eigenvalue weighted by atomic mass is 9.92. The summed E-state index contributed by atoms with van der Waals surface area (Å²) in [6.45, 7) is 2.04. The zero-order valence-corrected chi connectivity index (χ0v) is 19.8. The predicted molar refractivity (Wildman–Crippen MR) is 141 cm³/mol. The molecule has 35 heavy (non-hydrogen) atoms. The Balaban J connectivity index is 1.51. The lowest BCUT2D eigenvalue weighted by molar-refractivity contribution is 0.380. The monoisotopic (exact) mass is 482 g/mol. The minimum absolute atomic E-state index is 0.0106. The molecule has 5 rings (SSSR count). The van der Waals surface area contributed by atoms with Crippen LogP contribution in [-0.4, -0.2) is 0 Å². The van der Waals surface area contributed by atoms with Crippen LogP contribution in [-0.2, 0) is 0 Å². The average molecular weight is 483 g/mol. The largest absolute Gasteiger partial charge is 0.377 e. The van der Waals surface area contributed by atoms with Crippen molar-refractivity contribution in [2.45, 2.75) is 19.0 Å². The minimum atomic E-state index is -0.651. The van der Waals surface area contributed by atoms with Crippen molar-refractivity contribution in [2.24, 2.45) is 0 Å². The Morgan fingerprint density at radius 3 is 2.23 bits per heavy atom. The maximum Gasteiger partial charge on any atom is 0.271 e. The highest BCUT2D eigenvalue weighted by atomic mass is 35.5. The fourth-order valence-corrected chi connectivity index (χ4v) is 4.46. The molecular weight excluding hydrogens is 460 g/mol. The van der Waals surface area contributed by atoms with Gasteiger partial charge in [0.05, 0.1) is 17.3 Å². The molecule has 2 atom stereocenters. The smallest absolute Gasteiger partial charge is 0.271 e. The second-order valence-corrected chi connectivity index (χ2v) is 8.85. The van der Waals surface area contributed by atoms with E-state index in [2.05, 4.69) is 35.1 Å². The van der Waals surface area contributed by atoms with E-state index >= 15 is 0 Å². The molecule has 0 aliphatic heterocycles. The highest BCUT2D eigenvalue weighted by Gasteiger charge is 2.32. The summed E-state index contributed by atoms with van der Waals surface area (Å²) in [6, 6.07) is 30.0. The van der Waals surface area contributed by atoms with E-state index in [0.717, 1.165) is 21.9 Å². The van der Waals surface area contributed by atoms with Crippen LogP contribution in [0.5, 0.6) is 5.75 Å². The van der Waals surface area contributed by atoms with Crippen LogP contribution < -0.4 is 26.5 Å². The predicted octanol–water partition coefficient (Wildman–Crippen LogP) is 5.94. The molecule has 5 aromatic rings. The first-order valence-electron chi connectivity index (χ1n) is 11.3. The van der Waals surface area contributed by atoms with Crippen molar-refractivity contribution in [1.29, 1.82) is 0 Å². The molecule has 0 radical (unpaired) electrons. The molecule has 2 N–H and O–H groups in total. The van der Waals surface area contributed by atoms with Crippen molar-refractivity contribution in [2.75, 3.05) is 5.48 Å². The summed E-state index contributed by atoms with van der Waals surface area (Å²) >= 11 is 6.12. The third kappa shape index (κ3) is 4.56. The standard InChI is InChI=1S/C29H23ClN2O3/c1-18(23-13-7-9-19-8-5-6-12-24(19)23)31-26(20-14-16-21(30)17-15-20)25-27(33)28(34)29(25)35-32-22-10-3-2-4-11-22/h2-18,26,31-32H,1H3. The molecule has 6 heteroatoms. The molecule has 5 aromatic carbocycles. The molecule has 0 heterocycles. The second-order valence-electron chi connectivity index (χ2n) is 8.41. The van der Waals surface area contributed by atoms with Gasteiger partial charge in [0, 0.05) is 11.1 Å². The number of anilines is 1. The molecule has 0 aliphatic carbocycles. The topological polar surface area (TPSA) is 67.4 Å². The fourth-order valence-electron chi connectivity index (χ4n) is 4.34. The van der Waals surface area contributed by atoms with Gasteiger partial charge in [0.2, 0.25) is 11.2 Å². The molecule has 0 amide bonds. The highest BCUT2D eigenvalue weighted by Crippen LogP contribution is 2.32. The zero-order valence-electron chi connectivity index (χ0n) is 19.0. The highest BCUT2D eigenvalue weighted by molar-refractivity contribution is 6.30. The van der Waals surface area contributed by atoms with Gasteiger partial charge >= 0.3 is 0 Å². The Bertz CT molecular complexity index is 1540. The van der Waals surface area contributed by atoms with E-state index in [1.54, 1.807) is 12.1 Å². The molecular formula is C29H23ClN2O3. The van der Waals surface area contributed by atoms with Crippen molar-refractivity contribution in [1.82, 2.24) is 5.32 Å². The van der Waals surface area contributed by atoms with E-state index < -0.39 is 16.9 Å². The van der Waals surface area contributed by atoms with Crippen LogP contribution in [0.15, 0.2) is 107 Å². The summed E-state index contributed by atoms with van der Waals surface area (Å²) in [6.07, 6.45) is 0. The average Bonchev–Trinajstić information content (AvgIpc) is 2.90. The summed E-state index contributed by atoms with van der Waals surface area (Å²) in [7, 11) is 0. The summed E-state index contributed by atoms with van der Waals surface area (Å²) in [5.74, 6) is 0.0106. The molecule has 0 saturated carbocycles. The summed E-state index contributed by atoms with van der Waals surface area (Å²) < 4.78 is 0. The molecule has 0 aromatic heterocycles.